The van der Waals surface area contributed by atoms with Gasteiger partial charge in [0, 0.05) is 22.3 Å². The molecule has 8 rings (SSSR count). The third-order valence-electron chi connectivity index (χ3n) is 9.48. The summed E-state index contributed by atoms with van der Waals surface area (Å²) in [6, 6.07) is 46.7. The van der Waals surface area contributed by atoms with Crippen LogP contribution in [0.2, 0.25) is 0 Å². The van der Waals surface area contributed by atoms with Gasteiger partial charge in [-0.15, -0.1) is 0 Å². The molecule has 54 heavy (non-hydrogen) atoms. The lowest BCUT2D eigenvalue weighted by molar-refractivity contribution is -0.138. The van der Waals surface area contributed by atoms with Crippen LogP contribution in [0.3, 0.4) is 0 Å². The zero-order valence-electron chi connectivity index (χ0n) is 28.4. The average Bonchev–Trinajstić information content (AvgIpc) is 3.80. The van der Waals surface area contributed by atoms with Crippen molar-refractivity contribution >= 4 is 5.71 Å². The van der Waals surface area contributed by atoms with Crippen molar-refractivity contribution in [1.82, 2.24) is 14.9 Å². The monoisotopic (exact) mass is 728 g/mol. The summed E-state index contributed by atoms with van der Waals surface area (Å²) in [5, 5.41) is 3.74. The van der Waals surface area contributed by atoms with Gasteiger partial charge < -0.3 is 0 Å². The highest BCUT2D eigenvalue weighted by Crippen LogP contribution is 2.47. The van der Waals surface area contributed by atoms with E-state index in [-0.39, 0.29) is 5.82 Å². The quantitative estimate of drug-likeness (QED) is 0.166. The number of hydrogen-bond donors (Lipinski definition) is 1. The smallest absolute Gasteiger partial charge is 0.281 e. The molecular formula is C44H30F6N4. The Bertz CT molecular complexity index is 2410. The molecular weight excluding hydrogens is 698 g/mol. The zero-order valence-corrected chi connectivity index (χ0v) is 28.4. The largest absolute Gasteiger partial charge is 0.416 e. The first kappa shape index (κ1) is 34.8. The molecule has 268 valence electrons. The van der Waals surface area contributed by atoms with Crippen LogP contribution in [0.5, 0.6) is 0 Å². The van der Waals surface area contributed by atoms with Crippen molar-refractivity contribution in [2.45, 2.75) is 24.2 Å². The van der Waals surface area contributed by atoms with Gasteiger partial charge in [-0.05, 0) is 35.4 Å². The predicted octanol–water partition coefficient (Wildman–Crippen LogP) is 11.4. The van der Waals surface area contributed by atoms with E-state index in [1.54, 1.807) is 0 Å². The van der Waals surface area contributed by atoms with E-state index in [4.69, 9.17) is 9.98 Å². The number of rotatable bonds is 7. The highest BCUT2D eigenvalue weighted by Gasteiger charge is 2.48. The molecule has 1 N–H and O–H groups in total. The molecule has 0 spiro atoms. The van der Waals surface area contributed by atoms with Crippen LogP contribution >= 0.6 is 0 Å². The molecule has 4 nitrogen and oxygen atoms in total. The molecule has 0 fully saturated rings. The summed E-state index contributed by atoms with van der Waals surface area (Å²) in [5.74, 6) is -1.43. The van der Waals surface area contributed by atoms with Gasteiger partial charge in [0.1, 0.15) is 5.82 Å². The van der Waals surface area contributed by atoms with Crippen molar-refractivity contribution in [2.24, 2.45) is 4.99 Å². The van der Waals surface area contributed by atoms with Gasteiger partial charge in [-0.1, -0.05) is 146 Å². The lowest BCUT2D eigenvalue weighted by Gasteiger charge is -2.34. The van der Waals surface area contributed by atoms with E-state index in [1.807, 2.05) is 126 Å². The van der Waals surface area contributed by atoms with Gasteiger partial charge >= 0.3 is 12.4 Å². The number of nitrogens with zero attached hydrogens (tertiary/aromatic N) is 3. The Balaban J connectivity index is 1.51. The molecule has 10 heteroatoms. The minimum Gasteiger partial charge on any atom is -0.281 e. The summed E-state index contributed by atoms with van der Waals surface area (Å²) < 4.78 is 85.4. The fourth-order valence-corrected chi connectivity index (χ4v) is 6.95. The first-order chi connectivity index (χ1) is 26.0. The van der Waals surface area contributed by atoms with Crippen molar-refractivity contribution in [3.63, 3.8) is 0 Å². The molecule has 0 amide bonds. The van der Waals surface area contributed by atoms with Crippen LogP contribution in [0.25, 0.3) is 33.9 Å². The second kappa shape index (κ2) is 13.6. The highest BCUT2D eigenvalue weighted by atomic mass is 19.4. The van der Waals surface area contributed by atoms with E-state index in [9.17, 15) is 26.3 Å². The van der Waals surface area contributed by atoms with Gasteiger partial charge in [0.25, 0.3) is 0 Å². The summed E-state index contributed by atoms with van der Waals surface area (Å²) in [6.07, 6.45) is -9.18. The van der Waals surface area contributed by atoms with Crippen LogP contribution < -0.4 is 5.32 Å². The first-order valence-electron chi connectivity index (χ1n) is 17.1. The van der Waals surface area contributed by atoms with Crippen LogP contribution in [-0.4, -0.2) is 15.3 Å². The summed E-state index contributed by atoms with van der Waals surface area (Å²) in [4.78, 5) is 10.7. The van der Waals surface area contributed by atoms with Gasteiger partial charge in [0.2, 0.25) is 5.79 Å². The molecule has 0 aliphatic carbocycles. The van der Waals surface area contributed by atoms with Crippen LogP contribution in [0.1, 0.15) is 33.9 Å². The SMILES string of the molecule is FC(F)(F)c1ccc(-c2nc(-c3ccccc3)c(-c3ccccc3)n2C2(c3ccc(C(F)(F)F)cc3)N=C(c3ccccc3)C(c3ccccc3)N2)cc1. The summed E-state index contributed by atoms with van der Waals surface area (Å²) in [5.41, 5.74) is 3.72. The van der Waals surface area contributed by atoms with E-state index >= 15 is 0 Å². The minimum absolute atomic E-state index is 0.249. The molecule has 2 unspecified atom stereocenters. The molecule has 2 heterocycles. The second-order valence-corrected chi connectivity index (χ2v) is 12.9. The molecule has 0 radical (unpaired) electrons. The Hall–Kier alpha value is -6.26. The topological polar surface area (TPSA) is 42.2 Å². The Morgan fingerprint density at radius 3 is 1.48 bits per heavy atom. The molecule has 1 aliphatic rings. The maximum atomic E-state index is 14.0. The normalized spacial score (nSPS) is 17.4. The number of benzene rings is 6. The van der Waals surface area contributed by atoms with E-state index in [1.165, 1.54) is 24.3 Å². The van der Waals surface area contributed by atoms with E-state index < -0.39 is 35.3 Å². The van der Waals surface area contributed by atoms with E-state index in [0.29, 0.717) is 33.8 Å². The average molecular weight is 729 g/mol. The van der Waals surface area contributed by atoms with Gasteiger partial charge in [0.05, 0.1) is 34.3 Å². The Morgan fingerprint density at radius 2 is 0.963 bits per heavy atom. The van der Waals surface area contributed by atoms with Gasteiger partial charge in [0.15, 0.2) is 0 Å². The lowest BCUT2D eigenvalue weighted by atomic mass is 9.97. The van der Waals surface area contributed by atoms with Crippen molar-refractivity contribution in [3.05, 3.63) is 198 Å². The number of imidazole rings is 1. The molecule has 1 aromatic heterocycles. The van der Waals surface area contributed by atoms with Crippen molar-refractivity contribution in [1.29, 1.82) is 0 Å². The van der Waals surface area contributed by atoms with Crippen molar-refractivity contribution in [3.8, 4) is 33.9 Å². The van der Waals surface area contributed by atoms with Gasteiger partial charge in [-0.3, -0.25) is 9.88 Å². The molecule has 0 saturated heterocycles. The Labute approximate surface area is 307 Å². The summed E-state index contributed by atoms with van der Waals surface area (Å²) >= 11 is 0. The molecule has 0 bridgehead atoms. The standard InChI is InChI=1S/C44H30F6N4/c45-42(46,47)34-23-21-33(22-24-34)41-51-39(31-17-9-3-10-18-31)40(32-19-11-4-12-20-32)54(41)44(36-27-25-35(26-28-36)43(48,49)50)52-37(29-13-5-1-6-14-29)38(53-44)30-15-7-2-8-16-30/h1-28,37,52H. The van der Waals surface area contributed by atoms with Crippen LogP contribution in [0.15, 0.2) is 175 Å². The molecule has 0 saturated carbocycles. The van der Waals surface area contributed by atoms with Gasteiger partial charge in [-0.2, -0.15) is 26.3 Å². The number of alkyl halides is 6. The Kier molecular flexibility index (Phi) is 8.78. The predicted molar refractivity (Wildman–Crippen MR) is 197 cm³/mol. The van der Waals surface area contributed by atoms with E-state index in [2.05, 4.69) is 5.32 Å². The number of aliphatic imine (C=N–C) groups is 1. The molecule has 6 aromatic carbocycles. The summed E-state index contributed by atoms with van der Waals surface area (Å²) in [6.45, 7) is 0. The third-order valence-corrected chi connectivity index (χ3v) is 9.48. The fraction of sp³-hybridized carbons (Fsp3) is 0.0909. The van der Waals surface area contributed by atoms with Crippen LogP contribution in [0.4, 0.5) is 26.3 Å². The molecule has 1 aliphatic heterocycles. The third kappa shape index (κ3) is 6.39. The zero-order chi connectivity index (χ0) is 37.5. The van der Waals surface area contributed by atoms with Crippen molar-refractivity contribution < 1.29 is 26.3 Å². The van der Waals surface area contributed by atoms with Crippen molar-refractivity contribution in [2.75, 3.05) is 0 Å². The number of nitrogens with one attached hydrogen (secondary N) is 1. The van der Waals surface area contributed by atoms with Crippen LogP contribution in [-0.2, 0) is 18.1 Å². The molecule has 2 atom stereocenters. The minimum atomic E-state index is -4.60. The number of aromatic nitrogens is 2. The van der Waals surface area contributed by atoms with Crippen LogP contribution in [0, 0.1) is 0 Å². The number of hydrogen-bond acceptors (Lipinski definition) is 3. The van der Waals surface area contributed by atoms with Gasteiger partial charge in [-0.25, -0.2) is 9.98 Å². The van der Waals surface area contributed by atoms with E-state index in [0.717, 1.165) is 41.0 Å². The highest BCUT2D eigenvalue weighted by molar-refractivity contribution is 6.06. The Morgan fingerprint density at radius 1 is 0.500 bits per heavy atom. The maximum Gasteiger partial charge on any atom is 0.416 e. The maximum absolute atomic E-state index is 14.0. The fourth-order valence-electron chi connectivity index (χ4n) is 6.95. The summed E-state index contributed by atoms with van der Waals surface area (Å²) in [7, 11) is 0. The lowest BCUT2D eigenvalue weighted by Crippen LogP contribution is -2.45. The molecule has 7 aromatic rings. The second-order valence-electron chi connectivity index (χ2n) is 12.9. The number of halogens is 6. The first-order valence-corrected chi connectivity index (χ1v) is 17.1.